The Bertz CT molecular complexity index is 735. The van der Waals surface area contributed by atoms with Gasteiger partial charge in [0.25, 0.3) is 0 Å². The van der Waals surface area contributed by atoms with E-state index in [1.165, 1.54) is 0 Å². The third-order valence-corrected chi connectivity index (χ3v) is 2.75. The van der Waals surface area contributed by atoms with E-state index in [0.717, 1.165) is 11.3 Å². The number of anilines is 1. The number of aryl methyl sites for hydroxylation is 1. The van der Waals surface area contributed by atoms with Gasteiger partial charge in [0.2, 0.25) is 5.28 Å². The number of imidazole rings is 1. The molecule has 0 aliphatic rings. The van der Waals surface area contributed by atoms with Gasteiger partial charge in [-0.1, -0.05) is 0 Å². The van der Waals surface area contributed by atoms with E-state index in [4.69, 9.17) is 17.3 Å². The first kappa shape index (κ1) is 10.9. The monoisotopic (exact) mass is 260 g/mol. The minimum Gasteiger partial charge on any atom is -0.383 e. The molecule has 7 heteroatoms. The highest BCUT2D eigenvalue weighted by Crippen LogP contribution is 2.29. The summed E-state index contributed by atoms with van der Waals surface area (Å²) in [5, 5.41) is 0.756. The molecule has 3 rings (SSSR count). The van der Waals surface area contributed by atoms with Crippen molar-refractivity contribution < 1.29 is 0 Å². The fraction of sp³-hybridized carbons (Fsp3) is 0.0909. The van der Waals surface area contributed by atoms with Crippen LogP contribution in [0.25, 0.3) is 22.3 Å². The van der Waals surface area contributed by atoms with E-state index in [1.54, 1.807) is 12.5 Å². The number of pyridine rings is 1. The Morgan fingerprint density at radius 3 is 2.83 bits per heavy atom. The number of nitrogens with zero attached hydrogens (tertiary/aromatic N) is 5. The maximum atomic E-state index is 5.89. The summed E-state index contributed by atoms with van der Waals surface area (Å²) in [5.74, 6) is 0.304. The van der Waals surface area contributed by atoms with Crippen LogP contribution >= 0.6 is 11.6 Å². The summed E-state index contributed by atoms with van der Waals surface area (Å²) in [5.41, 5.74) is 8.00. The normalized spacial score (nSPS) is 11.0. The van der Waals surface area contributed by atoms with E-state index in [0.29, 0.717) is 16.9 Å². The molecule has 0 aliphatic carbocycles. The van der Waals surface area contributed by atoms with Gasteiger partial charge in [0.05, 0.1) is 17.4 Å². The van der Waals surface area contributed by atoms with Crippen molar-refractivity contribution in [2.75, 3.05) is 5.73 Å². The van der Waals surface area contributed by atoms with E-state index in [2.05, 4.69) is 19.9 Å². The number of rotatable bonds is 1. The molecule has 0 aromatic carbocycles. The highest BCUT2D eigenvalue weighted by atomic mass is 35.5. The molecule has 0 radical (unpaired) electrons. The molecular formula is C11H9ClN6. The number of nitrogen functional groups attached to an aromatic ring is 1. The predicted molar refractivity (Wildman–Crippen MR) is 69.0 cm³/mol. The number of fused-ring (bicyclic) bond motifs is 1. The molecule has 0 atom stereocenters. The zero-order chi connectivity index (χ0) is 12.7. The van der Waals surface area contributed by atoms with Gasteiger partial charge in [-0.2, -0.15) is 4.98 Å². The molecule has 0 amide bonds. The molecule has 18 heavy (non-hydrogen) atoms. The van der Waals surface area contributed by atoms with Crippen LogP contribution < -0.4 is 5.73 Å². The van der Waals surface area contributed by atoms with E-state index in [-0.39, 0.29) is 5.28 Å². The average molecular weight is 261 g/mol. The first-order chi connectivity index (χ1) is 8.65. The fourth-order valence-electron chi connectivity index (χ4n) is 1.82. The zero-order valence-corrected chi connectivity index (χ0v) is 10.3. The summed E-state index contributed by atoms with van der Waals surface area (Å²) in [4.78, 5) is 16.4. The first-order valence-electron chi connectivity index (χ1n) is 5.21. The van der Waals surface area contributed by atoms with Crippen molar-refractivity contribution in [1.82, 2.24) is 24.5 Å². The van der Waals surface area contributed by atoms with Crippen LogP contribution in [0.5, 0.6) is 0 Å². The maximum absolute atomic E-state index is 5.89. The number of hydrogen-bond acceptors (Lipinski definition) is 5. The van der Waals surface area contributed by atoms with Crippen LogP contribution in [-0.4, -0.2) is 24.5 Å². The van der Waals surface area contributed by atoms with E-state index >= 15 is 0 Å². The van der Waals surface area contributed by atoms with Gasteiger partial charge >= 0.3 is 0 Å². The Morgan fingerprint density at radius 1 is 1.28 bits per heavy atom. The molecule has 0 saturated carbocycles. The molecule has 3 heterocycles. The lowest BCUT2D eigenvalue weighted by Gasteiger charge is -2.05. The molecule has 0 unspecified atom stereocenters. The summed E-state index contributed by atoms with van der Waals surface area (Å²) in [7, 11) is 1.90. The van der Waals surface area contributed by atoms with Gasteiger partial charge in [-0.3, -0.25) is 0 Å². The van der Waals surface area contributed by atoms with Crippen LogP contribution in [0.2, 0.25) is 5.28 Å². The fourth-order valence-corrected chi connectivity index (χ4v) is 1.99. The quantitative estimate of drug-likeness (QED) is 0.673. The van der Waals surface area contributed by atoms with Gasteiger partial charge in [0, 0.05) is 25.0 Å². The molecule has 0 aliphatic heterocycles. The maximum Gasteiger partial charge on any atom is 0.226 e. The first-order valence-corrected chi connectivity index (χ1v) is 5.59. The largest absolute Gasteiger partial charge is 0.383 e. The molecule has 0 bridgehead atoms. The lowest BCUT2D eigenvalue weighted by molar-refractivity contribution is 0.913. The Morgan fingerprint density at radius 2 is 2.11 bits per heavy atom. The summed E-state index contributed by atoms with van der Waals surface area (Å²) in [6.07, 6.45) is 5.26. The second-order valence-electron chi connectivity index (χ2n) is 3.86. The molecule has 0 saturated heterocycles. The van der Waals surface area contributed by atoms with Crippen molar-refractivity contribution in [1.29, 1.82) is 0 Å². The predicted octanol–water partition coefficient (Wildman–Crippen LogP) is 1.66. The van der Waals surface area contributed by atoms with Gasteiger partial charge in [0.15, 0.2) is 5.65 Å². The minimum absolute atomic E-state index is 0.0886. The van der Waals surface area contributed by atoms with Crippen molar-refractivity contribution >= 4 is 28.5 Å². The second kappa shape index (κ2) is 3.92. The van der Waals surface area contributed by atoms with Crippen molar-refractivity contribution in [3.05, 3.63) is 30.1 Å². The Kier molecular flexibility index (Phi) is 2.38. The minimum atomic E-state index is 0.0886. The summed E-state index contributed by atoms with van der Waals surface area (Å²) < 4.78 is 1.86. The zero-order valence-electron chi connectivity index (χ0n) is 9.50. The molecule has 90 valence electrons. The lowest BCUT2D eigenvalue weighted by atomic mass is 10.1. The highest BCUT2D eigenvalue weighted by Gasteiger charge is 2.12. The number of hydrogen-bond donors (Lipinski definition) is 1. The number of nitrogens with two attached hydrogens (primary N) is 1. The number of halogens is 1. The molecule has 6 nitrogen and oxygen atoms in total. The van der Waals surface area contributed by atoms with Crippen LogP contribution in [0.3, 0.4) is 0 Å². The van der Waals surface area contributed by atoms with Gasteiger partial charge in [-0.05, 0) is 17.7 Å². The molecule has 2 N–H and O–H groups in total. The molecule has 3 aromatic heterocycles. The van der Waals surface area contributed by atoms with Crippen LogP contribution in [0.15, 0.2) is 24.8 Å². The van der Waals surface area contributed by atoms with Crippen molar-refractivity contribution in [3.63, 3.8) is 0 Å². The van der Waals surface area contributed by atoms with Gasteiger partial charge in [0.1, 0.15) is 5.82 Å². The third kappa shape index (κ3) is 1.67. The SMILES string of the molecule is Cn1cnc(-c2ccnc3nc(Cl)nc(N)c23)c1. The Balaban J connectivity index is 2.36. The summed E-state index contributed by atoms with van der Waals surface area (Å²) in [6.45, 7) is 0. The Labute approximate surface area is 107 Å². The lowest BCUT2D eigenvalue weighted by Crippen LogP contribution is -1.98. The summed E-state index contributed by atoms with van der Waals surface area (Å²) >= 11 is 5.76. The topological polar surface area (TPSA) is 82.5 Å². The van der Waals surface area contributed by atoms with Gasteiger partial charge in [-0.15, -0.1) is 0 Å². The van der Waals surface area contributed by atoms with E-state index in [9.17, 15) is 0 Å². The molecule has 0 spiro atoms. The third-order valence-electron chi connectivity index (χ3n) is 2.58. The Hall–Kier alpha value is -2.21. The van der Waals surface area contributed by atoms with Crippen LogP contribution in [0.1, 0.15) is 0 Å². The van der Waals surface area contributed by atoms with Crippen LogP contribution in [0.4, 0.5) is 5.82 Å². The van der Waals surface area contributed by atoms with Crippen LogP contribution in [-0.2, 0) is 7.05 Å². The number of aromatic nitrogens is 5. The summed E-state index contributed by atoms with van der Waals surface area (Å²) in [6, 6.07) is 1.83. The van der Waals surface area contributed by atoms with Crippen molar-refractivity contribution in [3.8, 4) is 11.3 Å². The van der Waals surface area contributed by atoms with E-state index in [1.807, 2.05) is 23.9 Å². The van der Waals surface area contributed by atoms with Crippen LogP contribution in [0, 0.1) is 0 Å². The van der Waals surface area contributed by atoms with Gasteiger partial charge in [-0.25, -0.2) is 15.0 Å². The average Bonchev–Trinajstić information content (AvgIpc) is 2.74. The smallest absolute Gasteiger partial charge is 0.226 e. The molecule has 3 aromatic rings. The standard InChI is InChI=1S/C11H9ClN6/c1-18-4-7(15-5-18)6-2-3-14-10-8(6)9(13)16-11(12)17-10/h2-5H,1H3,(H2,13,14,16,17). The molecular weight excluding hydrogens is 252 g/mol. The second-order valence-corrected chi connectivity index (χ2v) is 4.20. The van der Waals surface area contributed by atoms with Crippen molar-refractivity contribution in [2.45, 2.75) is 0 Å². The van der Waals surface area contributed by atoms with Crippen molar-refractivity contribution in [2.24, 2.45) is 7.05 Å². The van der Waals surface area contributed by atoms with Gasteiger partial charge < -0.3 is 10.3 Å². The molecule has 0 fully saturated rings. The highest BCUT2D eigenvalue weighted by molar-refractivity contribution is 6.28. The van der Waals surface area contributed by atoms with E-state index < -0.39 is 0 Å².